The third-order valence-electron chi connectivity index (χ3n) is 3.89. The minimum absolute atomic E-state index is 0.0225. The normalized spacial score (nSPS) is 16.0. The van der Waals surface area contributed by atoms with Crippen molar-refractivity contribution in [3.63, 3.8) is 0 Å². The average molecular weight is 381 g/mol. The Balaban J connectivity index is 1.98. The van der Waals surface area contributed by atoms with Gasteiger partial charge in [-0.05, 0) is 38.1 Å². The van der Waals surface area contributed by atoms with Gasteiger partial charge in [0.25, 0.3) is 0 Å². The fourth-order valence-corrected chi connectivity index (χ4v) is 3.05. The Morgan fingerprint density at radius 3 is 2.65 bits per heavy atom. The van der Waals surface area contributed by atoms with Crippen molar-refractivity contribution in [2.75, 3.05) is 39.3 Å². The molecule has 1 aliphatic heterocycles. The van der Waals surface area contributed by atoms with Crippen molar-refractivity contribution in [2.24, 2.45) is 0 Å². The van der Waals surface area contributed by atoms with E-state index in [1.54, 1.807) is 6.08 Å². The summed E-state index contributed by atoms with van der Waals surface area (Å²) >= 11 is 3.42. The Morgan fingerprint density at radius 2 is 2.00 bits per heavy atom. The number of piperazine rings is 1. The molecule has 0 saturated carbocycles. The number of allylic oxidation sites excluding steroid dienone is 1. The Morgan fingerprint density at radius 1 is 1.26 bits per heavy atom. The van der Waals surface area contributed by atoms with Crippen LogP contribution < -0.4 is 4.74 Å². The molecule has 126 valence electrons. The maximum Gasteiger partial charge on any atom is 0.191 e. The van der Waals surface area contributed by atoms with Gasteiger partial charge in [-0.3, -0.25) is 9.69 Å². The van der Waals surface area contributed by atoms with Gasteiger partial charge in [-0.1, -0.05) is 22.9 Å². The molecule has 1 aromatic rings. The fourth-order valence-electron chi connectivity index (χ4n) is 2.69. The first-order chi connectivity index (χ1) is 11.1. The smallest absolute Gasteiger partial charge is 0.191 e. The van der Waals surface area contributed by atoms with Crippen molar-refractivity contribution in [1.29, 1.82) is 0 Å². The van der Waals surface area contributed by atoms with Gasteiger partial charge in [-0.15, -0.1) is 0 Å². The second-order valence-corrected chi connectivity index (χ2v) is 6.55. The molecule has 0 radical (unpaired) electrons. The van der Waals surface area contributed by atoms with E-state index in [1.165, 1.54) is 6.42 Å². The van der Waals surface area contributed by atoms with Gasteiger partial charge in [0.05, 0.1) is 12.2 Å². The summed E-state index contributed by atoms with van der Waals surface area (Å²) in [5, 5.41) is 0. The highest BCUT2D eigenvalue weighted by atomic mass is 79.9. The molecule has 1 fully saturated rings. The van der Waals surface area contributed by atoms with Gasteiger partial charge in [-0.2, -0.15) is 0 Å². The fraction of sp³-hybridized carbons (Fsp3) is 0.500. The molecule has 1 saturated heterocycles. The molecule has 0 aliphatic carbocycles. The van der Waals surface area contributed by atoms with E-state index in [4.69, 9.17) is 4.74 Å². The number of nitrogens with zero attached hydrogens (tertiary/aromatic N) is 2. The Labute approximate surface area is 147 Å². The predicted octanol–water partition coefficient (Wildman–Crippen LogP) is 3.57. The zero-order valence-corrected chi connectivity index (χ0v) is 15.5. The summed E-state index contributed by atoms with van der Waals surface area (Å²) in [5.74, 6) is 0.615. The van der Waals surface area contributed by atoms with Crippen LogP contribution in [-0.4, -0.2) is 54.9 Å². The van der Waals surface area contributed by atoms with Crippen LogP contribution in [0.25, 0.3) is 0 Å². The maximum atomic E-state index is 12.5. The monoisotopic (exact) mass is 380 g/mol. The molecule has 0 amide bonds. The second-order valence-electron chi connectivity index (χ2n) is 5.63. The van der Waals surface area contributed by atoms with Crippen LogP contribution in [0.3, 0.4) is 0 Å². The summed E-state index contributed by atoms with van der Waals surface area (Å²) in [6.07, 6.45) is 4.76. The molecule has 5 heteroatoms. The highest BCUT2D eigenvalue weighted by Gasteiger charge is 2.15. The molecule has 0 unspecified atom stereocenters. The summed E-state index contributed by atoms with van der Waals surface area (Å²) in [6.45, 7) is 9.90. The molecule has 0 aromatic heterocycles. The van der Waals surface area contributed by atoms with Crippen molar-refractivity contribution in [1.82, 2.24) is 9.80 Å². The number of rotatable bonds is 7. The molecule has 0 N–H and O–H groups in total. The molecule has 23 heavy (non-hydrogen) atoms. The van der Waals surface area contributed by atoms with Gasteiger partial charge >= 0.3 is 0 Å². The van der Waals surface area contributed by atoms with Crippen molar-refractivity contribution >= 4 is 21.7 Å². The van der Waals surface area contributed by atoms with Gasteiger partial charge in [0.1, 0.15) is 5.75 Å². The minimum atomic E-state index is -0.0225. The largest absolute Gasteiger partial charge is 0.493 e. The lowest BCUT2D eigenvalue weighted by atomic mass is 10.1. The summed E-state index contributed by atoms with van der Waals surface area (Å²) in [7, 11) is 0. The van der Waals surface area contributed by atoms with Crippen molar-refractivity contribution in [3.05, 3.63) is 40.5 Å². The first-order valence-corrected chi connectivity index (χ1v) is 9.04. The van der Waals surface area contributed by atoms with Crippen molar-refractivity contribution < 1.29 is 9.53 Å². The quantitative estimate of drug-likeness (QED) is 0.534. The van der Waals surface area contributed by atoms with Crippen LogP contribution in [0.4, 0.5) is 0 Å². The van der Waals surface area contributed by atoms with E-state index in [-0.39, 0.29) is 5.78 Å². The zero-order valence-electron chi connectivity index (χ0n) is 13.9. The molecule has 0 atom stereocenters. The molecular formula is C18H25BrN2O2. The van der Waals surface area contributed by atoms with Gasteiger partial charge in [0.2, 0.25) is 0 Å². The zero-order chi connectivity index (χ0) is 16.7. The number of halogens is 1. The number of carbonyl (C=O) groups is 1. The lowest BCUT2D eigenvalue weighted by molar-refractivity contribution is 0.103. The topological polar surface area (TPSA) is 32.8 Å². The molecule has 0 spiro atoms. The van der Waals surface area contributed by atoms with Crippen LogP contribution in [0.15, 0.2) is 34.9 Å². The number of carbonyl (C=O) groups excluding carboxylic acids is 1. The lowest BCUT2D eigenvalue weighted by Crippen LogP contribution is -2.44. The molecule has 2 rings (SSSR count). The van der Waals surface area contributed by atoms with Crippen LogP contribution in [0.5, 0.6) is 5.75 Å². The second kappa shape index (κ2) is 9.08. The van der Waals surface area contributed by atoms with E-state index >= 15 is 0 Å². The number of ketones is 1. The highest BCUT2D eigenvalue weighted by molar-refractivity contribution is 9.10. The number of benzene rings is 1. The first kappa shape index (κ1) is 18.0. The number of ether oxygens (including phenoxy) is 1. The van der Waals surface area contributed by atoms with Gasteiger partial charge in [-0.25, -0.2) is 0 Å². The molecule has 1 heterocycles. The van der Waals surface area contributed by atoms with E-state index in [1.807, 2.05) is 31.3 Å². The average Bonchev–Trinajstić information content (AvgIpc) is 2.56. The van der Waals surface area contributed by atoms with Gasteiger partial charge in [0.15, 0.2) is 5.78 Å². The van der Waals surface area contributed by atoms with Gasteiger partial charge < -0.3 is 9.64 Å². The first-order valence-electron chi connectivity index (χ1n) is 8.25. The highest BCUT2D eigenvalue weighted by Crippen LogP contribution is 2.24. The Kier molecular flexibility index (Phi) is 7.12. The standard InChI is InChI=1S/C18H25BrN2O2/c1-3-8-20-10-12-21(13-11-20)9-7-17(22)16-14-15(19)5-6-18(16)23-4-2/h5-7,9,14H,3-4,8,10-13H2,1-2H3. The van der Waals surface area contributed by atoms with Crippen LogP contribution in [0.1, 0.15) is 30.6 Å². The van der Waals surface area contributed by atoms with E-state index in [0.29, 0.717) is 17.9 Å². The summed E-state index contributed by atoms with van der Waals surface area (Å²) in [6, 6.07) is 5.54. The van der Waals surface area contributed by atoms with E-state index in [2.05, 4.69) is 32.7 Å². The van der Waals surface area contributed by atoms with Crippen LogP contribution in [-0.2, 0) is 0 Å². The molecule has 0 bridgehead atoms. The van der Waals surface area contributed by atoms with Crippen LogP contribution >= 0.6 is 15.9 Å². The summed E-state index contributed by atoms with van der Waals surface area (Å²) < 4.78 is 6.43. The van der Waals surface area contributed by atoms with E-state index < -0.39 is 0 Å². The number of hydrogen-bond acceptors (Lipinski definition) is 4. The van der Waals surface area contributed by atoms with Crippen molar-refractivity contribution in [3.8, 4) is 5.75 Å². The third-order valence-corrected chi connectivity index (χ3v) is 4.38. The maximum absolute atomic E-state index is 12.5. The third kappa shape index (κ3) is 5.36. The Hall–Kier alpha value is -1.33. The molecule has 1 aliphatic rings. The van der Waals surface area contributed by atoms with E-state index in [0.717, 1.165) is 37.2 Å². The summed E-state index contributed by atoms with van der Waals surface area (Å²) in [5.41, 5.74) is 0.599. The van der Waals surface area contributed by atoms with Gasteiger partial charge in [0, 0.05) is 42.9 Å². The van der Waals surface area contributed by atoms with E-state index in [9.17, 15) is 4.79 Å². The lowest BCUT2D eigenvalue weighted by Gasteiger charge is -2.33. The molecule has 1 aromatic carbocycles. The van der Waals surface area contributed by atoms with Crippen LogP contribution in [0.2, 0.25) is 0 Å². The molecule has 4 nitrogen and oxygen atoms in total. The summed E-state index contributed by atoms with van der Waals surface area (Å²) in [4.78, 5) is 17.2. The van der Waals surface area contributed by atoms with Crippen molar-refractivity contribution in [2.45, 2.75) is 20.3 Å². The predicted molar refractivity (Wildman–Crippen MR) is 97.1 cm³/mol. The van der Waals surface area contributed by atoms with Crippen LogP contribution in [0, 0.1) is 0 Å². The Bertz CT molecular complexity index is 552. The SMILES string of the molecule is CCCN1CCN(C=CC(=O)c2cc(Br)ccc2OCC)CC1. The minimum Gasteiger partial charge on any atom is -0.493 e. The molecular weight excluding hydrogens is 356 g/mol. The number of hydrogen-bond donors (Lipinski definition) is 0.